The number of para-hydroxylation sites is 1. The Labute approximate surface area is 172 Å². The molecule has 0 saturated carbocycles. The molecule has 3 N–H and O–H groups in total. The first kappa shape index (κ1) is 19.2. The molecule has 0 bridgehead atoms. The molecule has 3 amide bonds. The summed E-state index contributed by atoms with van der Waals surface area (Å²) in [7, 11) is 0. The number of fused-ring (bicyclic) bond motifs is 3. The van der Waals surface area contributed by atoms with Crippen molar-refractivity contribution in [2.24, 2.45) is 0 Å². The summed E-state index contributed by atoms with van der Waals surface area (Å²) in [5, 5.41) is 10.1. The van der Waals surface area contributed by atoms with Gasteiger partial charge >= 0.3 is 0 Å². The molecule has 30 heavy (non-hydrogen) atoms. The molecule has 4 rings (SSSR count). The van der Waals surface area contributed by atoms with Crippen LogP contribution in [0.4, 0.5) is 17.1 Å². The summed E-state index contributed by atoms with van der Waals surface area (Å²) in [5.74, 6) is -0.947. The molecule has 0 spiro atoms. The number of amides is 3. The Morgan fingerprint density at radius 1 is 0.667 bits per heavy atom. The van der Waals surface area contributed by atoms with Crippen molar-refractivity contribution in [3.8, 4) is 0 Å². The van der Waals surface area contributed by atoms with Crippen LogP contribution in [0.1, 0.15) is 24.2 Å². The van der Waals surface area contributed by atoms with E-state index in [-0.39, 0.29) is 23.3 Å². The Balaban J connectivity index is 1.64. The number of benzene rings is 3. The van der Waals surface area contributed by atoms with Crippen molar-refractivity contribution in [2.75, 3.05) is 16.0 Å². The molecule has 7 nitrogen and oxygen atoms in total. The minimum atomic E-state index is -0.385. The fourth-order valence-corrected chi connectivity index (χ4v) is 3.32. The number of furan rings is 1. The first-order chi connectivity index (χ1) is 14.4. The van der Waals surface area contributed by atoms with Crippen molar-refractivity contribution in [1.82, 2.24) is 0 Å². The van der Waals surface area contributed by atoms with E-state index in [4.69, 9.17) is 4.42 Å². The zero-order chi connectivity index (χ0) is 21.3. The molecule has 1 aromatic heterocycles. The fraction of sp³-hybridized carbons (Fsp3) is 0.0870. The van der Waals surface area contributed by atoms with Crippen LogP contribution in [0.5, 0.6) is 0 Å². The third kappa shape index (κ3) is 4.00. The van der Waals surface area contributed by atoms with Crippen molar-refractivity contribution in [1.29, 1.82) is 0 Å². The van der Waals surface area contributed by atoms with Gasteiger partial charge in [0.25, 0.3) is 5.91 Å². The van der Waals surface area contributed by atoms with Crippen molar-refractivity contribution >= 4 is 56.7 Å². The van der Waals surface area contributed by atoms with Gasteiger partial charge in [-0.1, -0.05) is 18.2 Å². The van der Waals surface area contributed by atoms with Crippen LogP contribution in [0.3, 0.4) is 0 Å². The maximum atomic E-state index is 12.8. The highest BCUT2D eigenvalue weighted by Gasteiger charge is 2.13. The molecule has 0 fully saturated rings. The molecular formula is C23H19N3O4. The van der Waals surface area contributed by atoms with E-state index in [1.165, 1.54) is 13.8 Å². The van der Waals surface area contributed by atoms with Crippen molar-refractivity contribution in [3.63, 3.8) is 0 Å². The molecule has 0 aliphatic rings. The molecule has 7 heteroatoms. The van der Waals surface area contributed by atoms with Crippen LogP contribution >= 0.6 is 0 Å². The van der Waals surface area contributed by atoms with Gasteiger partial charge in [0.15, 0.2) is 0 Å². The lowest BCUT2D eigenvalue weighted by molar-refractivity contribution is -0.115. The average molecular weight is 401 g/mol. The molecule has 0 atom stereocenters. The van der Waals surface area contributed by atoms with E-state index in [0.29, 0.717) is 22.6 Å². The third-order valence-electron chi connectivity index (χ3n) is 4.47. The molecule has 4 aromatic rings. The van der Waals surface area contributed by atoms with Gasteiger partial charge in [-0.15, -0.1) is 0 Å². The second-order valence-corrected chi connectivity index (χ2v) is 6.92. The molecule has 3 aromatic carbocycles. The van der Waals surface area contributed by atoms with E-state index in [9.17, 15) is 14.4 Å². The number of carbonyl (C=O) groups excluding carboxylic acids is 3. The monoisotopic (exact) mass is 401 g/mol. The number of carbonyl (C=O) groups is 3. The van der Waals surface area contributed by atoms with Crippen LogP contribution in [0, 0.1) is 0 Å². The van der Waals surface area contributed by atoms with Gasteiger partial charge in [0.2, 0.25) is 11.8 Å². The van der Waals surface area contributed by atoms with Crippen LogP contribution in [0.15, 0.2) is 65.1 Å². The lowest BCUT2D eigenvalue weighted by atomic mass is 10.1. The normalized spacial score (nSPS) is 10.7. The summed E-state index contributed by atoms with van der Waals surface area (Å²) in [6, 6.07) is 17.9. The van der Waals surface area contributed by atoms with Crippen LogP contribution in [-0.2, 0) is 9.59 Å². The SMILES string of the molecule is CC(=O)Nc1cc(NC(C)=O)cc(C(=O)Nc2ccc3c(c2)oc2ccccc23)c1. The molecule has 1 heterocycles. The van der Waals surface area contributed by atoms with Gasteiger partial charge in [-0.3, -0.25) is 14.4 Å². The predicted octanol–water partition coefficient (Wildman–Crippen LogP) is 4.76. The standard InChI is InChI=1S/C23H19N3O4/c1-13(27)24-17-9-15(10-18(11-17)25-14(2)28)23(29)26-16-7-8-20-19-5-3-4-6-21(19)30-22(20)12-16/h3-12H,1-2H3,(H,24,27)(H,25,28)(H,26,29). The Bertz CT molecular complexity index is 1270. The highest BCUT2D eigenvalue weighted by molar-refractivity contribution is 6.09. The van der Waals surface area contributed by atoms with Crippen LogP contribution in [-0.4, -0.2) is 17.7 Å². The summed E-state index contributed by atoms with van der Waals surface area (Å²) in [6.45, 7) is 2.74. The van der Waals surface area contributed by atoms with Gasteiger partial charge in [-0.2, -0.15) is 0 Å². The molecular weight excluding hydrogens is 382 g/mol. The van der Waals surface area contributed by atoms with Crippen molar-refractivity contribution in [2.45, 2.75) is 13.8 Å². The van der Waals surface area contributed by atoms with Crippen molar-refractivity contribution in [3.05, 3.63) is 66.2 Å². The fourth-order valence-electron chi connectivity index (χ4n) is 3.32. The van der Waals surface area contributed by atoms with E-state index in [2.05, 4.69) is 16.0 Å². The van der Waals surface area contributed by atoms with Gasteiger partial charge in [0, 0.05) is 53.3 Å². The Hall–Kier alpha value is -4.13. The summed E-state index contributed by atoms with van der Waals surface area (Å²) in [5.41, 5.74) is 3.12. The van der Waals surface area contributed by atoms with Gasteiger partial charge in [0.05, 0.1) is 0 Å². The number of hydrogen-bond donors (Lipinski definition) is 3. The second kappa shape index (κ2) is 7.71. The largest absolute Gasteiger partial charge is 0.456 e. The highest BCUT2D eigenvalue weighted by Crippen LogP contribution is 2.30. The topological polar surface area (TPSA) is 100 Å². The van der Waals surface area contributed by atoms with Crippen LogP contribution in [0.25, 0.3) is 21.9 Å². The Morgan fingerprint density at radius 2 is 1.30 bits per heavy atom. The summed E-state index contributed by atoms with van der Waals surface area (Å²) in [4.78, 5) is 35.6. The van der Waals surface area contributed by atoms with E-state index in [1.54, 1.807) is 30.3 Å². The molecule has 0 radical (unpaired) electrons. The molecule has 0 unspecified atom stereocenters. The quantitative estimate of drug-likeness (QED) is 0.459. The van der Waals surface area contributed by atoms with Gasteiger partial charge in [0.1, 0.15) is 11.2 Å². The van der Waals surface area contributed by atoms with Crippen LogP contribution < -0.4 is 16.0 Å². The first-order valence-corrected chi connectivity index (χ1v) is 9.32. The zero-order valence-electron chi connectivity index (χ0n) is 16.4. The van der Waals surface area contributed by atoms with E-state index in [0.717, 1.165) is 16.4 Å². The van der Waals surface area contributed by atoms with Gasteiger partial charge in [-0.25, -0.2) is 0 Å². The number of hydrogen-bond acceptors (Lipinski definition) is 4. The Kier molecular flexibility index (Phi) is 4.93. The number of nitrogens with one attached hydrogen (secondary N) is 3. The van der Waals surface area contributed by atoms with Crippen molar-refractivity contribution < 1.29 is 18.8 Å². The van der Waals surface area contributed by atoms with Gasteiger partial charge < -0.3 is 20.4 Å². The molecule has 0 aliphatic carbocycles. The summed E-state index contributed by atoms with van der Waals surface area (Å²) >= 11 is 0. The lowest BCUT2D eigenvalue weighted by Gasteiger charge is -2.11. The minimum absolute atomic E-state index is 0.281. The lowest BCUT2D eigenvalue weighted by Crippen LogP contribution is -2.15. The van der Waals surface area contributed by atoms with Gasteiger partial charge in [-0.05, 0) is 36.4 Å². The van der Waals surface area contributed by atoms with E-state index < -0.39 is 0 Å². The van der Waals surface area contributed by atoms with Crippen LogP contribution in [0.2, 0.25) is 0 Å². The molecule has 150 valence electrons. The predicted molar refractivity (Wildman–Crippen MR) is 117 cm³/mol. The smallest absolute Gasteiger partial charge is 0.255 e. The maximum absolute atomic E-state index is 12.8. The second-order valence-electron chi connectivity index (χ2n) is 6.92. The Morgan fingerprint density at radius 3 is 1.97 bits per heavy atom. The number of rotatable bonds is 4. The molecule has 0 aliphatic heterocycles. The average Bonchev–Trinajstić information content (AvgIpc) is 3.04. The number of anilines is 3. The van der Waals surface area contributed by atoms with E-state index >= 15 is 0 Å². The summed E-state index contributed by atoms with van der Waals surface area (Å²) in [6.07, 6.45) is 0. The van der Waals surface area contributed by atoms with E-state index in [1.807, 2.05) is 30.3 Å². The highest BCUT2D eigenvalue weighted by atomic mass is 16.3. The summed E-state index contributed by atoms with van der Waals surface area (Å²) < 4.78 is 5.86. The third-order valence-corrected chi connectivity index (χ3v) is 4.47. The zero-order valence-corrected chi connectivity index (χ0v) is 16.4. The molecule has 0 saturated heterocycles. The maximum Gasteiger partial charge on any atom is 0.255 e. The minimum Gasteiger partial charge on any atom is -0.456 e. The first-order valence-electron chi connectivity index (χ1n) is 9.32.